The Morgan fingerprint density at radius 1 is 1.48 bits per heavy atom. The molecular formula is C15H26BrN3O2. The highest BCUT2D eigenvalue weighted by Gasteiger charge is 2.40. The Labute approximate surface area is 135 Å². The normalized spacial score (nSPS) is 18.5. The van der Waals surface area contributed by atoms with Crippen LogP contribution in [-0.4, -0.2) is 42.8 Å². The number of aromatic nitrogens is 2. The quantitative estimate of drug-likeness (QED) is 0.736. The molecule has 0 amide bonds. The molecule has 0 spiro atoms. The Balaban J connectivity index is 2.18. The minimum Gasteiger partial charge on any atom is -0.383 e. The van der Waals surface area contributed by atoms with Crippen LogP contribution >= 0.6 is 15.9 Å². The van der Waals surface area contributed by atoms with Gasteiger partial charge in [-0.1, -0.05) is 6.92 Å². The highest BCUT2D eigenvalue weighted by molar-refractivity contribution is 9.10. The Morgan fingerprint density at radius 3 is 2.76 bits per heavy atom. The molecule has 6 heteroatoms. The van der Waals surface area contributed by atoms with Crippen LogP contribution < -0.4 is 5.32 Å². The Hall–Kier alpha value is -0.430. The molecule has 0 aromatic carbocycles. The van der Waals surface area contributed by atoms with Crippen LogP contribution in [0, 0.1) is 0 Å². The van der Waals surface area contributed by atoms with E-state index in [0.29, 0.717) is 6.61 Å². The fourth-order valence-corrected chi connectivity index (χ4v) is 3.59. The summed E-state index contributed by atoms with van der Waals surface area (Å²) in [6.45, 7) is 4.48. The summed E-state index contributed by atoms with van der Waals surface area (Å²) < 4.78 is 14.1. The van der Waals surface area contributed by atoms with Gasteiger partial charge in [-0.15, -0.1) is 0 Å². The summed E-state index contributed by atoms with van der Waals surface area (Å²) in [7, 11) is 3.55. The molecule has 1 aromatic heterocycles. The maximum atomic E-state index is 5.80. The minimum absolute atomic E-state index is 0.0304. The predicted molar refractivity (Wildman–Crippen MR) is 86.4 cm³/mol. The second kappa shape index (κ2) is 7.72. The van der Waals surface area contributed by atoms with Crippen molar-refractivity contribution in [3.63, 3.8) is 0 Å². The fourth-order valence-electron chi connectivity index (χ4n) is 3.02. The van der Waals surface area contributed by atoms with E-state index in [4.69, 9.17) is 9.47 Å². The van der Waals surface area contributed by atoms with Gasteiger partial charge in [0.15, 0.2) is 0 Å². The number of hydrogen-bond acceptors (Lipinski definition) is 4. The summed E-state index contributed by atoms with van der Waals surface area (Å²) in [5, 5.41) is 8.05. The van der Waals surface area contributed by atoms with Crippen molar-refractivity contribution in [2.24, 2.45) is 0 Å². The van der Waals surface area contributed by atoms with Gasteiger partial charge in [-0.25, -0.2) is 0 Å². The number of methoxy groups -OCH3 is 2. The molecule has 1 saturated carbocycles. The number of nitrogens with zero attached hydrogens (tertiary/aromatic N) is 2. The lowest BCUT2D eigenvalue weighted by Crippen LogP contribution is -2.43. The Morgan fingerprint density at radius 2 is 2.24 bits per heavy atom. The molecule has 1 aliphatic carbocycles. The minimum atomic E-state index is 0.0304. The van der Waals surface area contributed by atoms with E-state index in [1.54, 1.807) is 7.11 Å². The number of nitrogens with one attached hydrogen (secondary N) is 1. The molecule has 1 fully saturated rings. The zero-order chi connectivity index (χ0) is 15.3. The summed E-state index contributed by atoms with van der Waals surface area (Å²) in [5.41, 5.74) is 1.22. The monoisotopic (exact) mass is 359 g/mol. The van der Waals surface area contributed by atoms with E-state index in [9.17, 15) is 0 Å². The zero-order valence-corrected chi connectivity index (χ0v) is 14.8. The molecule has 0 saturated heterocycles. The first-order chi connectivity index (χ1) is 10.2. The van der Waals surface area contributed by atoms with Crippen LogP contribution in [0.1, 0.15) is 44.3 Å². The first kappa shape index (κ1) is 16.9. The van der Waals surface area contributed by atoms with E-state index in [-0.39, 0.29) is 11.6 Å². The molecule has 0 bridgehead atoms. The first-order valence-electron chi connectivity index (χ1n) is 7.64. The van der Waals surface area contributed by atoms with Crippen LogP contribution in [0.5, 0.6) is 0 Å². The van der Waals surface area contributed by atoms with Crippen molar-refractivity contribution in [3.8, 4) is 0 Å². The summed E-state index contributed by atoms with van der Waals surface area (Å²) in [6.07, 6.45) is 6.41. The predicted octanol–water partition coefficient (Wildman–Crippen LogP) is 2.90. The molecule has 1 unspecified atom stereocenters. The van der Waals surface area contributed by atoms with E-state index in [1.165, 1.54) is 12.1 Å². The van der Waals surface area contributed by atoms with Crippen molar-refractivity contribution in [1.29, 1.82) is 0 Å². The molecule has 0 aliphatic heterocycles. The average Bonchev–Trinajstić information content (AvgIpc) is 2.80. The molecule has 1 N–H and O–H groups in total. The lowest BCUT2D eigenvalue weighted by atomic mass is 9.75. The largest absolute Gasteiger partial charge is 0.383 e. The van der Waals surface area contributed by atoms with Crippen LogP contribution in [0.3, 0.4) is 0 Å². The molecule has 120 valence electrons. The van der Waals surface area contributed by atoms with Crippen molar-refractivity contribution in [3.05, 3.63) is 16.4 Å². The van der Waals surface area contributed by atoms with Crippen molar-refractivity contribution in [2.45, 2.75) is 50.8 Å². The molecular weight excluding hydrogens is 334 g/mol. The summed E-state index contributed by atoms with van der Waals surface area (Å²) in [6, 6.07) is 0.240. The van der Waals surface area contributed by atoms with Gasteiger partial charge in [0.2, 0.25) is 0 Å². The third kappa shape index (κ3) is 3.86. The van der Waals surface area contributed by atoms with E-state index >= 15 is 0 Å². The molecule has 1 aliphatic rings. The maximum absolute atomic E-state index is 5.80. The second-order valence-electron chi connectivity index (χ2n) is 5.65. The lowest BCUT2D eigenvalue weighted by Gasteiger charge is -2.43. The second-order valence-corrected chi connectivity index (χ2v) is 6.50. The topological polar surface area (TPSA) is 48.3 Å². The van der Waals surface area contributed by atoms with Crippen LogP contribution in [0.4, 0.5) is 0 Å². The van der Waals surface area contributed by atoms with Gasteiger partial charge in [-0.2, -0.15) is 5.10 Å². The first-order valence-corrected chi connectivity index (χ1v) is 8.43. The molecule has 1 atom stereocenters. The van der Waals surface area contributed by atoms with Gasteiger partial charge in [0.1, 0.15) is 0 Å². The van der Waals surface area contributed by atoms with E-state index < -0.39 is 0 Å². The summed E-state index contributed by atoms with van der Waals surface area (Å²) >= 11 is 3.64. The van der Waals surface area contributed by atoms with Gasteiger partial charge < -0.3 is 14.8 Å². The highest BCUT2D eigenvalue weighted by atomic mass is 79.9. The smallest absolute Gasteiger partial charge is 0.0697 e. The highest BCUT2D eigenvalue weighted by Crippen LogP contribution is 2.42. The van der Waals surface area contributed by atoms with Gasteiger partial charge in [-0.3, -0.25) is 4.68 Å². The molecule has 1 aromatic rings. The summed E-state index contributed by atoms with van der Waals surface area (Å²) in [5.74, 6) is 0. The van der Waals surface area contributed by atoms with Gasteiger partial charge in [-0.05, 0) is 48.2 Å². The SMILES string of the molecule is CCNC(CC1(OC)CCC1)c1c(Br)cnn1CCOC. The molecule has 21 heavy (non-hydrogen) atoms. The third-order valence-corrected chi connectivity index (χ3v) is 5.01. The number of hydrogen-bond donors (Lipinski definition) is 1. The lowest BCUT2D eigenvalue weighted by molar-refractivity contribution is -0.0842. The van der Waals surface area contributed by atoms with Crippen molar-refractivity contribution in [1.82, 2.24) is 15.1 Å². The van der Waals surface area contributed by atoms with Crippen LogP contribution in [0.25, 0.3) is 0 Å². The van der Waals surface area contributed by atoms with Crippen LogP contribution in [0.15, 0.2) is 10.7 Å². The number of halogens is 1. The Bertz CT molecular complexity index is 441. The van der Waals surface area contributed by atoms with Gasteiger partial charge >= 0.3 is 0 Å². The molecule has 0 radical (unpaired) electrons. The molecule has 2 rings (SSSR count). The number of ether oxygens (including phenoxy) is 2. The zero-order valence-electron chi connectivity index (χ0n) is 13.2. The fraction of sp³-hybridized carbons (Fsp3) is 0.800. The standard InChI is InChI=1S/C15H26BrN3O2/c1-4-17-13(10-15(21-3)6-5-7-15)14-12(16)11-18-19(14)8-9-20-2/h11,13,17H,4-10H2,1-3H3. The molecule has 5 nitrogen and oxygen atoms in total. The van der Waals surface area contributed by atoms with Crippen molar-refractivity contribution >= 4 is 15.9 Å². The van der Waals surface area contributed by atoms with Gasteiger partial charge in [0.05, 0.1) is 41.2 Å². The number of rotatable bonds is 9. The van der Waals surface area contributed by atoms with E-state index in [1.807, 2.05) is 18.0 Å². The maximum Gasteiger partial charge on any atom is 0.0697 e. The van der Waals surface area contributed by atoms with Gasteiger partial charge in [0, 0.05) is 14.2 Å². The van der Waals surface area contributed by atoms with Crippen LogP contribution in [-0.2, 0) is 16.0 Å². The van der Waals surface area contributed by atoms with Crippen molar-refractivity contribution in [2.75, 3.05) is 27.4 Å². The average molecular weight is 360 g/mol. The molecule has 1 heterocycles. The van der Waals surface area contributed by atoms with E-state index in [0.717, 1.165) is 36.8 Å². The van der Waals surface area contributed by atoms with Crippen molar-refractivity contribution < 1.29 is 9.47 Å². The van der Waals surface area contributed by atoms with Gasteiger partial charge in [0.25, 0.3) is 0 Å². The Kier molecular flexibility index (Phi) is 6.22. The third-order valence-electron chi connectivity index (χ3n) is 4.39. The van der Waals surface area contributed by atoms with Crippen LogP contribution in [0.2, 0.25) is 0 Å². The summed E-state index contributed by atoms with van der Waals surface area (Å²) in [4.78, 5) is 0. The van der Waals surface area contributed by atoms with E-state index in [2.05, 4.69) is 33.3 Å².